The molecular formula is C13H19NO2S. The zero-order valence-corrected chi connectivity index (χ0v) is 11.1. The summed E-state index contributed by atoms with van der Waals surface area (Å²) in [6.07, 6.45) is 4.59. The molecule has 1 amide bonds. The first-order valence-corrected chi connectivity index (χ1v) is 6.60. The van der Waals surface area contributed by atoms with Gasteiger partial charge in [0.15, 0.2) is 0 Å². The third-order valence-corrected chi connectivity index (χ3v) is 3.22. The van der Waals surface area contributed by atoms with Crippen molar-refractivity contribution in [1.82, 2.24) is 5.32 Å². The van der Waals surface area contributed by atoms with Gasteiger partial charge in [0.2, 0.25) is 5.91 Å². The summed E-state index contributed by atoms with van der Waals surface area (Å²) < 4.78 is 0. The van der Waals surface area contributed by atoms with Crippen LogP contribution in [0.1, 0.15) is 29.5 Å². The first-order chi connectivity index (χ1) is 8.08. The van der Waals surface area contributed by atoms with Crippen molar-refractivity contribution in [3.05, 3.63) is 28.0 Å². The van der Waals surface area contributed by atoms with Crippen LogP contribution in [0.5, 0.6) is 0 Å². The Morgan fingerprint density at radius 2 is 2.35 bits per heavy atom. The predicted octanol–water partition coefficient (Wildman–Crippen LogP) is 2.35. The van der Waals surface area contributed by atoms with Crippen LogP contribution in [0, 0.1) is 6.92 Å². The number of carbonyl (C=O) groups excluding carboxylic acids is 1. The number of thiophene rings is 1. The Morgan fingerprint density at radius 1 is 1.59 bits per heavy atom. The molecule has 1 unspecified atom stereocenters. The molecule has 0 radical (unpaired) electrons. The van der Waals surface area contributed by atoms with Gasteiger partial charge in [-0.15, -0.1) is 11.3 Å². The zero-order valence-electron chi connectivity index (χ0n) is 10.3. The highest BCUT2D eigenvalue weighted by atomic mass is 32.1. The largest absolute Gasteiger partial charge is 0.393 e. The van der Waals surface area contributed by atoms with Crippen LogP contribution in [0.2, 0.25) is 0 Å². The van der Waals surface area contributed by atoms with Gasteiger partial charge in [-0.3, -0.25) is 4.79 Å². The first kappa shape index (κ1) is 13.9. The Bertz CT molecular complexity index is 383. The molecule has 0 aliphatic carbocycles. The summed E-state index contributed by atoms with van der Waals surface area (Å²) in [6.45, 7) is 4.40. The summed E-state index contributed by atoms with van der Waals surface area (Å²) in [4.78, 5) is 13.7. The molecule has 1 atom stereocenters. The molecule has 0 saturated heterocycles. The number of amides is 1. The lowest BCUT2D eigenvalue weighted by atomic mass is 10.2. The molecule has 3 nitrogen and oxygen atoms in total. The number of hydrogen-bond acceptors (Lipinski definition) is 3. The Labute approximate surface area is 106 Å². The smallest absolute Gasteiger partial charge is 0.244 e. The van der Waals surface area contributed by atoms with Crippen molar-refractivity contribution in [3.8, 4) is 0 Å². The Kier molecular flexibility index (Phi) is 5.94. The molecule has 0 spiro atoms. The SMILES string of the molecule is Cc1ccc(/C=C/C(=O)NCCCC(C)O)s1. The number of aliphatic hydroxyl groups is 1. The van der Waals surface area contributed by atoms with Crippen LogP contribution in [0.15, 0.2) is 18.2 Å². The van der Waals surface area contributed by atoms with Crippen LogP contribution >= 0.6 is 11.3 Å². The summed E-state index contributed by atoms with van der Waals surface area (Å²) in [5, 5.41) is 11.8. The van der Waals surface area contributed by atoms with E-state index in [1.807, 2.05) is 25.1 Å². The Balaban J connectivity index is 2.23. The van der Waals surface area contributed by atoms with Gasteiger partial charge in [-0.2, -0.15) is 0 Å². The van der Waals surface area contributed by atoms with Gasteiger partial charge in [-0.05, 0) is 44.9 Å². The lowest BCUT2D eigenvalue weighted by Crippen LogP contribution is -2.22. The Morgan fingerprint density at radius 3 is 2.94 bits per heavy atom. The second-order valence-electron chi connectivity index (χ2n) is 4.06. The van der Waals surface area contributed by atoms with E-state index in [1.165, 1.54) is 4.88 Å². The highest BCUT2D eigenvalue weighted by Crippen LogP contribution is 2.16. The summed E-state index contributed by atoms with van der Waals surface area (Å²) in [5.41, 5.74) is 0. The van der Waals surface area contributed by atoms with E-state index in [0.29, 0.717) is 13.0 Å². The molecule has 0 fully saturated rings. The molecule has 94 valence electrons. The number of carbonyl (C=O) groups is 1. The van der Waals surface area contributed by atoms with Gasteiger partial charge in [-0.1, -0.05) is 0 Å². The van der Waals surface area contributed by atoms with Gasteiger partial charge >= 0.3 is 0 Å². The second kappa shape index (κ2) is 7.25. The molecule has 0 aromatic carbocycles. The highest BCUT2D eigenvalue weighted by molar-refractivity contribution is 7.12. The third-order valence-electron chi connectivity index (χ3n) is 2.26. The fourth-order valence-corrected chi connectivity index (χ4v) is 2.15. The van der Waals surface area contributed by atoms with E-state index in [9.17, 15) is 4.79 Å². The molecule has 17 heavy (non-hydrogen) atoms. The minimum atomic E-state index is -0.295. The monoisotopic (exact) mass is 253 g/mol. The Hall–Kier alpha value is -1.13. The van der Waals surface area contributed by atoms with Crippen LogP contribution in [0.25, 0.3) is 6.08 Å². The van der Waals surface area contributed by atoms with Gasteiger partial charge < -0.3 is 10.4 Å². The van der Waals surface area contributed by atoms with Crippen molar-refractivity contribution in [1.29, 1.82) is 0 Å². The van der Waals surface area contributed by atoms with E-state index in [-0.39, 0.29) is 12.0 Å². The summed E-state index contributed by atoms with van der Waals surface area (Å²) in [5.74, 6) is -0.0818. The van der Waals surface area contributed by atoms with Crippen molar-refractivity contribution in [2.75, 3.05) is 6.54 Å². The average molecular weight is 253 g/mol. The maximum atomic E-state index is 11.4. The maximum absolute atomic E-state index is 11.4. The molecule has 1 aromatic heterocycles. The second-order valence-corrected chi connectivity index (χ2v) is 5.38. The fraction of sp³-hybridized carbons (Fsp3) is 0.462. The first-order valence-electron chi connectivity index (χ1n) is 5.78. The summed E-state index contributed by atoms with van der Waals surface area (Å²) in [7, 11) is 0. The summed E-state index contributed by atoms with van der Waals surface area (Å²) >= 11 is 1.66. The summed E-state index contributed by atoms with van der Waals surface area (Å²) in [6, 6.07) is 4.03. The number of nitrogens with one attached hydrogen (secondary N) is 1. The molecule has 1 aromatic rings. The number of rotatable bonds is 6. The van der Waals surface area contributed by atoms with E-state index in [1.54, 1.807) is 24.3 Å². The standard InChI is InChI=1S/C13H19NO2S/c1-10(15)4-3-9-14-13(16)8-7-12-6-5-11(2)17-12/h5-8,10,15H,3-4,9H2,1-2H3,(H,14,16)/b8-7+. The topological polar surface area (TPSA) is 49.3 Å². The lowest BCUT2D eigenvalue weighted by Gasteiger charge is -2.03. The van der Waals surface area contributed by atoms with E-state index in [2.05, 4.69) is 5.32 Å². The molecule has 0 aliphatic heterocycles. The molecule has 0 aliphatic rings. The van der Waals surface area contributed by atoms with Crippen molar-refractivity contribution >= 4 is 23.3 Å². The average Bonchev–Trinajstić information content (AvgIpc) is 2.67. The number of hydrogen-bond donors (Lipinski definition) is 2. The van der Waals surface area contributed by atoms with Crippen molar-refractivity contribution in [2.45, 2.75) is 32.8 Å². The molecule has 1 heterocycles. The molecule has 0 bridgehead atoms. The van der Waals surface area contributed by atoms with Gasteiger partial charge in [0.1, 0.15) is 0 Å². The normalized spacial score (nSPS) is 12.9. The van der Waals surface area contributed by atoms with Crippen molar-refractivity contribution in [2.24, 2.45) is 0 Å². The van der Waals surface area contributed by atoms with Gasteiger partial charge in [0, 0.05) is 22.4 Å². The van der Waals surface area contributed by atoms with Crippen LogP contribution in [-0.2, 0) is 4.79 Å². The quantitative estimate of drug-likeness (QED) is 0.604. The maximum Gasteiger partial charge on any atom is 0.244 e. The van der Waals surface area contributed by atoms with Gasteiger partial charge in [0.05, 0.1) is 6.10 Å². The van der Waals surface area contributed by atoms with Crippen LogP contribution in [0.4, 0.5) is 0 Å². The minimum Gasteiger partial charge on any atom is -0.393 e. The van der Waals surface area contributed by atoms with E-state index in [0.717, 1.165) is 11.3 Å². The highest BCUT2D eigenvalue weighted by Gasteiger charge is 1.98. The van der Waals surface area contributed by atoms with Gasteiger partial charge in [-0.25, -0.2) is 0 Å². The number of aliphatic hydroxyl groups excluding tert-OH is 1. The van der Waals surface area contributed by atoms with Crippen molar-refractivity contribution in [3.63, 3.8) is 0 Å². The zero-order chi connectivity index (χ0) is 12.7. The van der Waals surface area contributed by atoms with E-state index in [4.69, 9.17) is 5.11 Å². The molecule has 1 rings (SSSR count). The molecule has 0 saturated carbocycles. The van der Waals surface area contributed by atoms with E-state index < -0.39 is 0 Å². The third kappa shape index (κ3) is 6.24. The molecule has 2 N–H and O–H groups in total. The predicted molar refractivity (Wildman–Crippen MR) is 72.0 cm³/mol. The van der Waals surface area contributed by atoms with Crippen LogP contribution in [-0.4, -0.2) is 23.7 Å². The minimum absolute atomic E-state index is 0.0818. The number of aryl methyl sites for hydroxylation is 1. The van der Waals surface area contributed by atoms with Gasteiger partial charge in [0.25, 0.3) is 0 Å². The molecular weight excluding hydrogens is 234 g/mol. The van der Waals surface area contributed by atoms with Crippen molar-refractivity contribution < 1.29 is 9.90 Å². The molecule has 4 heteroatoms. The van der Waals surface area contributed by atoms with E-state index >= 15 is 0 Å². The fourth-order valence-electron chi connectivity index (χ4n) is 1.37. The van der Waals surface area contributed by atoms with Crippen LogP contribution < -0.4 is 5.32 Å². The lowest BCUT2D eigenvalue weighted by molar-refractivity contribution is -0.116. The van der Waals surface area contributed by atoms with Crippen LogP contribution in [0.3, 0.4) is 0 Å².